The maximum Gasteiger partial charge on any atom is 0.0937 e. The van der Waals surface area contributed by atoms with Crippen molar-refractivity contribution in [3.8, 4) is 0 Å². The molecule has 0 aromatic heterocycles. The fourth-order valence-electron chi connectivity index (χ4n) is 1.77. The third kappa shape index (κ3) is 3.49. The number of hydrogen-bond donors (Lipinski definition) is 0. The van der Waals surface area contributed by atoms with Crippen LogP contribution in [0, 0.1) is 0 Å². The lowest BCUT2D eigenvalue weighted by atomic mass is 9.92. The van der Waals surface area contributed by atoms with Gasteiger partial charge in [0.05, 0.1) is 5.60 Å². The Bertz CT molecular complexity index is 304. The highest BCUT2D eigenvalue weighted by Crippen LogP contribution is 2.29. The van der Waals surface area contributed by atoms with Crippen LogP contribution >= 0.6 is 0 Å². The van der Waals surface area contributed by atoms with Gasteiger partial charge >= 0.3 is 0 Å². The lowest BCUT2D eigenvalue weighted by molar-refractivity contribution is -0.0354. The fraction of sp³-hybridized carbons (Fsp3) is 0.467. The molecule has 0 bridgehead atoms. The second kappa shape index (κ2) is 6.49. The minimum absolute atomic E-state index is 0.224. The van der Waals surface area contributed by atoms with Gasteiger partial charge in [-0.05, 0) is 25.3 Å². The summed E-state index contributed by atoms with van der Waals surface area (Å²) in [5.41, 5.74) is 1.00. The van der Waals surface area contributed by atoms with E-state index in [1.54, 1.807) is 0 Å². The van der Waals surface area contributed by atoms with Gasteiger partial charge in [-0.2, -0.15) is 0 Å². The lowest BCUT2D eigenvalue weighted by Crippen LogP contribution is -2.25. The maximum atomic E-state index is 6.03. The van der Waals surface area contributed by atoms with E-state index in [0.717, 1.165) is 19.4 Å². The van der Waals surface area contributed by atoms with E-state index in [0.29, 0.717) is 0 Å². The van der Waals surface area contributed by atoms with Gasteiger partial charge in [0.15, 0.2) is 0 Å². The Labute approximate surface area is 99.1 Å². The second-order valence-corrected chi connectivity index (χ2v) is 4.29. The highest BCUT2D eigenvalue weighted by Gasteiger charge is 2.25. The highest BCUT2D eigenvalue weighted by atomic mass is 16.5. The monoisotopic (exact) mass is 218 g/mol. The Balaban J connectivity index is 2.75. The average molecular weight is 218 g/mol. The molecular formula is C15H22O. The molecule has 0 fully saturated rings. The predicted molar refractivity (Wildman–Crippen MR) is 69.5 cm³/mol. The summed E-state index contributed by atoms with van der Waals surface area (Å²) in [5, 5.41) is 0. The molecule has 0 saturated heterocycles. The summed E-state index contributed by atoms with van der Waals surface area (Å²) in [5.74, 6) is 0. The van der Waals surface area contributed by atoms with Gasteiger partial charge in [0, 0.05) is 6.61 Å². The van der Waals surface area contributed by atoms with Gasteiger partial charge in [0.25, 0.3) is 0 Å². The largest absolute Gasteiger partial charge is 0.370 e. The third-order valence-electron chi connectivity index (χ3n) is 2.84. The van der Waals surface area contributed by atoms with Gasteiger partial charge < -0.3 is 4.74 Å². The molecule has 0 aliphatic heterocycles. The van der Waals surface area contributed by atoms with Crippen molar-refractivity contribution in [1.29, 1.82) is 0 Å². The summed E-state index contributed by atoms with van der Waals surface area (Å²) in [6.07, 6.45) is 5.05. The molecule has 0 aliphatic rings. The van der Waals surface area contributed by atoms with E-state index in [2.05, 4.69) is 44.7 Å². The smallest absolute Gasteiger partial charge is 0.0937 e. The Kier molecular flexibility index (Phi) is 5.27. The van der Waals surface area contributed by atoms with Crippen LogP contribution in [0.25, 0.3) is 0 Å². The summed E-state index contributed by atoms with van der Waals surface area (Å²) >= 11 is 0. The molecule has 0 aliphatic carbocycles. The molecule has 1 aromatic rings. The molecular weight excluding hydrogens is 196 g/mol. The van der Waals surface area contributed by atoms with Gasteiger partial charge in [0.2, 0.25) is 0 Å². The van der Waals surface area contributed by atoms with Crippen LogP contribution in [-0.4, -0.2) is 6.61 Å². The van der Waals surface area contributed by atoms with Crippen LogP contribution in [0.2, 0.25) is 0 Å². The summed E-state index contributed by atoms with van der Waals surface area (Å²) < 4.78 is 6.03. The van der Waals surface area contributed by atoms with Gasteiger partial charge in [-0.25, -0.2) is 0 Å². The van der Waals surface area contributed by atoms with Crippen LogP contribution in [0.15, 0.2) is 43.0 Å². The molecule has 0 spiro atoms. The molecule has 1 aromatic carbocycles. The van der Waals surface area contributed by atoms with Crippen molar-refractivity contribution in [2.45, 2.75) is 38.7 Å². The molecule has 0 N–H and O–H groups in total. The van der Waals surface area contributed by atoms with Crippen LogP contribution in [0.4, 0.5) is 0 Å². The molecule has 16 heavy (non-hydrogen) atoms. The van der Waals surface area contributed by atoms with E-state index in [4.69, 9.17) is 4.74 Å². The third-order valence-corrected chi connectivity index (χ3v) is 2.84. The number of unbranched alkanes of at least 4 members (excludes halogenated alkanes) is 1. The Morgan fingerprint density at radius 3 is 2.56 bits per heavy atom. The first kappa shape index (κ1) is 13.0. The van der Waals surface area contributed by atoms with Crippen molar-refractivity contribution >= 4 is 0 Å². The minimum atomic E-state index is -0.224. The van der Waals surface area contributed by atoms with E-state index in [1.807, 2.05) is 12.1 Å². The minimum Gasteiger partial charge on any atom is -0.370 e. The molecule has 0 heterocycles. The van der Waals surface area contributed by atoms with E-state index in [9.17, 15) is 0 Å². The first-order chi connectivity index (χ1) is 7.73. The highest BCUT2D eigenvalue weighted by molar-refractivity contribution is 5.22. The Morgan fingerprint density at radius 1 is 1.31 bits per heavy atom. The zero-order valence-corrected chi connectivity index (χ0v) is 10.4. The normalized spacial score (nSPS) is 14.4. The molecule has 1 rings (SSSR count). The SMILES string of the molecule is C=CCC(C)(OCCCC)c1ccccc1. The quantitative estimate of drug-likeness (QED) is 0.490. The topological polar surface area (TPSA) is 9.23 Å². The van der Waals surface area contributed by atoms with Crippen LogP contribution in [0.1, 0.15) is 38.7 Å². The van der Waals surface area contributed by atoms with Crippen molar-refractivity contribution in [3.05, 3.63) is 48.6 Å². The van der Waals surface area contributed by atoms with Gasteiger partial charge in [-0.15, -0.1) is 6.58 Å². The average Bonchev–Trinajstić information content (AvgIpc) is 2.31. The zero-order valence-electron chi connectivity index (χ0n) is 10.4. The van der Waals surface area contributed by atoms with Crippen molar-refractivity contribution in [1.82, 2.24) is 0 Å². The summed E-state index contributed by atoms with van der Waals surface area (Å²) in [6.45, 7) is 8.95. The maximum absolute atomic E-state index is 6.03. The van der Waals surface area contributed by atoms with Crippen LogP contribution in [-0.2, 0) is 10.3 Å². The van der Waals surface area contributed by atoms with E-state index < -0.39 is 0 Å². The molecule has 1 atom stereocenters. The Hall–Kier alpha value is -1.08. The number of benzene rings is 1. The van der Waals surface area contributed by atoms with E-state index in [1.165, 1.54) is 12.0 Å². The van der Waals surface area contributed by atoms with Gasteiger partial charge in [-0.3, -0.25) is 0 Å². The van der Waals surface area contributed by atoms with Crippen LogP contribution < -0.4 is 0 Å². The Morgan fingerprint density at radius 2 is 2.00 bits per heavy atom. The van der Waals surface area contributed by atoms with Crippen molar-refractivity contribution < 1.29 is 4.74 Å². The van der Waals surface area contributed by atoms with Crippen LogP contribution in [0.5, 0.6) is 0 Å². The van der Waals surface area contributed by atoms with Crippen LogP contribution in [0.3, 0.4) is 0 Å². The standard InChI is InChI=1S/C15H22O/c1-4-6-13-16-15(3,12-5-2)14-10-8-7-9-11-14/h5,7-11H,2,4,6,12-13H2,1,3H3. The molecule has 0 saturated carbocycles. The predicted octanol–water partition coefficient (Wildman–Crippen LogP) is 4.29. The first-order valence-electron chi connectivity index (χ1n) is 6.03. The summed E-state index contributed by atoms with van der Waals surface area (Å²) in [4.78, 5) is 0. The number of hydrogen-bond acceptors (Lipinski definition) is 1. The van der Waals surface area contributed by atoms with Gasteiger partial charge in [-0.1, -0.05) is 49.8 Å². The lowest BCUT2D eigenvalue weighted by Gasteiger charge is -2.29. The van der Waals surface area contributed by atoms with Crippen molar-refractivity contribution in [2.24, 2.45) is 0 Å². The molecule has 1 unspecified atom stereocenters. The molecule has 1 nitrogen and oxygen atoms in total. The number of rotatable bonds is 7. The molecule has 0 amide bonds. The van der Waals surface area contributed by atoms with Gasteiger partial charge in [0.1, 0.15) is 0 Å². The molecule has 0 radical (unpaired) electrons. The summed E-state index contributed by atoms with van der Waals surface area (Å²) in [7, 11) is 0. The zero-order chi connectivity index (χ0) is 11.9. The number of ether oxygens (including phenoxy) is 1. The van der Waals surface area contributed by atoms with E-state index >= 15 is 0 Å². The fourth-order valence-corrected chi connectivity index (χ4v) is 1.77. The molecule has 1 heteroatoms. The second-order valence-electron chi connectivity index (χ2n) is 4.29. The molecule has 88 valence electrons. The first-order valence-corrected chi connectivity index (χ1v) is 6.03. The van der Waals surface area contributed by atoms with Crippen molar-refractivity contribution in [2.75, 3.05) is 6.61 Å². The van der Waals surface area contributed by atoms with Crippen molar-refractivity contribution in [3.63, 3.8) is 0 Å². The summed E-state index contributed by atoms with van der Waals surface area (Å²) in [6, 6.07) is 10.4. The van der Waals surface area contributed by atoms with E-state index in [-0.39, 0.29) is 5.60 Å².